The Morgan fingerprint density at radius 3 is 1.47 bits per heavy atom. The fourth-order valence-corrected chi connectivity index (χ4v) is 4.88. The van der Waals surface area contributed by atoms with Gasteiger partial charge < -0.3 is 5.73 Å². The van der Waals surface area contributed by atoms with E-state index in [1.807, 2.05) is 0 Å². The molecule has 0 bridgehead atoms. The van der Waals surface area contributed by atoms with E-state index in [0.29, 0.717) is 0 Å². The number of hydrogen-bond donors (Lipinski definition) is 1. The molecule has 3 heteroatoms. The second-order valence-corrected chi connectivity index (χ2v) is 9.73. The van der Waals surface area contributed by atoms with Crippen molar-refractivity contribution < 1.29 is 4.58 Å². The smallest absolute Gasteiger partial charge is 0.246 e. The first-order chi connectivity index (χ1) is 14.8. The van der Waals surface area contributed by atoms with E-state index in [0.717, 1.165) is 13.1 Å². The van der Waals surface area contributed by atoms with E-state index in [4.69, 9.17) is 5.73 Å². The van der Waals surface area contributed by atoms with Gasteiger partial charge in [-0.15, -0.1) is 0 Å². The summed E-state index contributed by atoms with van der Waals surface area (Å²) in [6.07, 6.45) is 28.8. The molecule has 0 unspecified atom stereocenters. The van der Waals surface area contributed by atoms with Crippen LogP contribution in [0.1, 0.15) is 135 Å². The van der Waals surface area contributed by atoms with Gasteiger partial charge in [0.1, 0.15) is 13.1 Å². The fourth-order valence-electron chi connectivity index (χ4n) is 4.88. The van der Waals surface area contributed by atoms with Gasteiger partial charge in [-0.1, -0.05) is 122 Å². The topological polar surface area (TPSA) is 32.3 Å². The van der Waals surface area contributed by atoms with Gasteiger partial charge in [0.2, 0.25) is 5.84 Å². The molecule has 0 saturated carbocycles. The minimum Gasteiger partial charge on any atom is -0.327 e. The van der Waals surface area contributed by atoms with Crippen LogP contribution in [0.5, 0.6) is 0 Å². The van der Waals surface area contributed by atoms with E-state index >= 15 is 0 Å². The highest BCUT2D eigenvalue weighted by molar-refractivity contribution is 5.78. The number of nitrogens with two attached hydrogens (primary N) is 1. The maximum atomic E-state index is 5.75. The van der Waals surface area contributed by atoms with Gasteiger partial charge in [-0.2, -0.15) is 0 Å². The molecule has 0 fully saturated rings. The Labute approximate surface area is 189 Å². The number of hydrogen-bond acceptors (Lipinski definition) is 2. The number of likely N-dealkylation sites (N-methyl/N-ethyl adjacent to an activating group) is 1. The van der Waals surface area contributed by atoms with Crippen LogP contribution in [0.15, 0.2) is 0 Å². The standard InChI is InChI=1S/C27H56N3/c1-3-4-5-6-7-8-9-10-11-12-13-14-15-16-17-18-19-20-21-22-27-29(2)25-26-30(27)24-23-28/h3-26,28H2,1-2H3/q+1. The van der Waals surface area contributed by atoms with Gasteiger partial charge in [-0.25, -0.2) is 0 Å². The third-order valence-electron chi connectivity index (χ3n) is 6.91. The molecule has 30 heavy (non-hydrogen) atoms. The second kappa shape index (κ2) is 20.3. The van der Waals surface area contributed by atoms with Crippen molar-refractivity contribution in [2.45, 2.75) is 135 Å². The minimum atomic E-state index is 0.774. The van der Waals surface area contributed by atoms with Crippen molar-refractivity contribution in [3.8, 4) is 0 Å². The van der Waals surface area contributed by atoms with Crippen molar-refractivity contribution in [1.29, 1.82) is 0 Å². The van der Waals surface area contributed by atoms with Gasteiger partial charge >= 0.3 is 0 Å². The van der Waals surface area contributed by atoms with Crippen molar-refractivity contribution in [1.82, 2.24) is 4.90 Å². The van der Waals surface area contributed by atoms with Crippen LogP contribution in [0, 0.1) is 0 Å². The molecule has 3 nitrogen and oxygen atoms in total. The molecule has 1 rings (SSSR count). The maximum Gasteiger partial charge on any atom is 0.246 e. The van der Waals surface area contributed by atoms with Gasteiger partial charge in [0.15, 0.2) is 0 Å². The third-order valence-corrected chi connectivity index (χ3v) is 6.91. The number of nitrogens with zero attached hydrogens (tertiary/aromatic N) is 2. The Morgan fingerprint density at radius 1 is 0.667 bits per heavy atom. The van der Waals surface area contributed by atoms with Crippen LogP contribution in [0.3, 0.4) is 0 Å². The number of unbranched alkanes of at least 4 members (excludes halogenated alkanes) is 18. The molecule has 1 aliphatic rings. The Balaban J connectivity index is 1.76. The van der Waals surface area contributed by atoms with Crippen molar-refractivity contribution in [3.05, 3.63) is 0 Å². The predicted octanol–water partition coefficient (Wildman–Crippen LogP) is 7.12. The van der Waals surface area contributed by atoms with E-state index in [1.165, 1.54) is 147 Å². The lowest BCUT2D eigenvalue weighted by Crippen LogP contribution is -2.33. The normalized spacial score (nSPS) is 14.3. The molecule has 2 N–H and O–H groups in total. The van der Waals surface area contributed by atoms with Crippen LogP contribution in [0.2, 0.25) is 0 Å². The zero-order valence-electron chi connectivity index (χ0n) is 20.9. The maximum absolute atomic E-state index is 5.75. The minimum absolute atomic E-state index is 0.774. The SMILES string of the molecule is CCCCCCCCCCCCCCCCCCCCCC1=[N+](C)CCN1CCN. The lowest BCUT2D eigenvalue weighted by molar-refractivity contribution is -0.487. The van der Waals surface area contributed by atoms with Gasteiger partial charge in [0.05, 0.1) is 13.6 Å². The van der Waals surface area contributed by atoms with Gasteiger partial charge in [-0.3, -0.25) is 9.48 Å². The summed E-state index contributed by atoms with van der Waals surface area (Å²) in [6.45, 7) is 6.45. The van der Waals surface area contributed by atoms with Crippen LogP contribution < -0.4 is 5.73 Å². The largest absolute Gasteiger partial charge is 0.327 e. The van der Waals surface area contributed by atoms with Crippen molar-refractivity contribution in [2.75, 3.05) is 33.2 Å². The molecule has 178 valence electrons. The predicted molar refractivity (Wildman–Crippen MR) is 135 cm³/mol. The molecule has 0 atom stereocenters. The molecular weight excluding hydrogens is 366 g/mol. The molecule has 1 heterocycles. The summed E-state index contributed by atoms with van der Waals surface area (Å²) in [6, 6.07) is 0. The van der Waals surface area contributed by atoms with Crippen LogP contribution >= 0.6 is 0 Å². The van der Waals surface area contributed by atoms with Crippen molar-refractivity contribution in [2.24, 2.45) is 5.73 Å². The monoisotopic (exact) mass is 422 g/mol. The summed E-state index contributed by atoms with van der Waals surface area (Å²) in [7, 11) is 2.24. The number of rotatable bonds is 22. The van der Waals surface area contributed by atoms with E-state index < -0.39 is 0 Å². The summed E-state index contributed by atoms with van der Waals surface area (Å²) < 4.78 is 2.43. The lowest BCUT2D eigenvalue weighted by Gasteiger charge is -2.12. The molecule has 0 aliphatic carbocycles. The summed E-state index contributed by atoms with van der Waals surface area (Å²) in [5, 5.41) is 0. The quantitative estimate of drug-likeness (QED) is 0.149. The van der Waals surface area contributed by atoms with E-state index in [1.54, 1.807) is 0 Å². The van der Waals surface area contributed by atoms with Crippen LogP contribution in [0.4, 0.5) is 0 Å². The molecule has 0 aromatic rings. The van der Waals surface area contributed by atoms with Gasteiger partial charge in [0, 0.05) is 13.0 Å². The molecule has 0 saturated heterocycles. The summed E-state index contributed by atoms with van der Waals surface area (Å²) in [5.41, 5.74) is 5.75. The highest BCUT2D eigenvalue weighted by Gasteiger charge is 2.26. The summed E-state index contributed by atoms with van der Waals surface area (Å²) in [5.74, 6) is 1.53. The van der Waals surface area contributed by atoms with Crippen LogP contribution in [0.25, 0.3) is 0 Å². The average Bonchev–Trinajstić information content (AvgIpc) is 3.09. The zero-order chi connectivity index (χ0) is 21.7. The van der Waals surface area contributed by atoms with Crippen LogP contribution in [-0.4, -0.2) is 48.5 Å². The highest BCUT2D eigenvalue weighted by Crippen LogP contribution is 2.15. The second-order valence-electron chi connectivity index (χ2n) is 9.73. The third kappa shape index (κ3) is 14.4. The van der Waals surface area contributed by atoms with E-state index in [-0.39, 0.29) is 0 Å². The average molecular weight is 423 g/mol. The Hall–Kier alpha value is -0.570. The van der Waals surface area contributed by atoms with Gasteiger partial charge in [-0.05, 0) is 6.42 Å². The number of amidine groups is 1. The molecule has 0 aromatic carbocycles. The van der Waals surface area contributed by atoms with Crippen molar-refractivity contribution >= 4 is 5.84 Å². The first-order valence-electron chi connectivity index (χ1n) is 13.8. The zero-order valence-corrected chi connectivity index (χ0v) is 20.9. The Morgan fingerprint density at radius 2 is 1.07 bits per heavy atom. The van der Waals surface area contributed by atoms with Crippen molar-refractivity contribution in [3.63, 3.8) is 0 Å². The highest BCUT2D eigenvalue weighted by atomic mass is 15.3. The van der Waals surface area contributed by atoms with Gasteiger partial charge in [0.25, 0.3) is 0 Å². The van der Waals surface area contributed by atoms with E-state index in [9.17, 15) is 0 Å². The molecule has 0 spiro atoms. The summed E-state index contributed by atoms with van der Waals surface area (Å²) in [4.78, 5) is 2.49. The molecule has 1 aliphatic heterocycles. The first-order valence-corrected chi connectivity index (χ1v) is 13.8. The molecule has 0 amide bonds. The molecular formula is C27H56N3+. The first kappa shape index (κ1) is 27.5. The lowest BCUT2D eigenvalue weighted by atomic mass is 10.0. The molecule has 0 aromatic heterocycles. The van der Waals surface area contributed by atoms with Crippen LogP contribution in [-0.2, 0) is 0 Å². The molecule has 0 radical (unpaired) electrons. The summed E-state index contributed by atoms with van der Waals surface area (Å²) >= 11 is 0. The van der Waals surface area contributed by atoms with E-state index in [2.05, 4.69) is 23.4 Å². The Kier molecular flexibility index (Phi) is 18.6. The Bertz CT molecular complexity index is 405. The fraction of sp³-hybridized carbons (Fsp3) is 0.963.